The predicted octanol–water partition coefficient (Wildman–Crippen LogP) is 4.67. The van der Waals surface area contributed by atoms with Gasteiger partial charge in [0.1, 0.15) is 0 Å². The number of aromatic nitrogens is 4. The van der Waals surface area contributed by atoms with E-state index in [1.54, 1.807) is 33.8 Å². The Morgan fingerprint density at radius 1 is 1.12 bits per heavy atom. The van der Waals surface area contributed by atoms with Crippen molar-refractivity contribution in [3.05, 3.63) is 89.1 Å². The summed E-state index contributed by atoms with van der Waals surface area (Å²) in [5.74, 6) is 0. The number of aryl methyl sites for hydroxylation is 1. The lowest BCUT2D eigenvalue weighted by Crippen LogP contribution is -2.18. The lowest BCUT2D eigenvalue weighted by Gasteiger charge is -2.15. The number of thiocarbonyl (C=S) groups is 1. The molecular formula is C24H16N6O2S. The summed E-state index contributed by atoms with van der Waals surface area (Å²) in [6.45, 7) is 1.85. The molecule has 33 heavy (non-hydrogen) atoms. The van der Waals surface area contributed by atoms with Gasteiger partial charge >= 0.3 is 6.03 Å². The second-order valence-corrected chi connectivity index (χ2v) is 7.54. The average molecular weight is 452 g/mol. The second kappa shape index (κ2) is 8.23. The maximum atomic E-state index is 13.1. The molecule has 0 aliphatic rings. The highest BCUT2D eigenvalue weighted by atomic mass is 32.1. The molecule has 0 unspecified atom stereocenters. The molecule has 5 rings (SSSR count). The Morgan fingerprint density at radius 3 is 2.76 bits per heavy atom. The Kier molecular flexibility index (Phi) is 5.10. The van der Waals surface area contributed by atoms with E-state index in [0.717, 1.165) is 27.5 Å². The van der Waals surface area contributed by atoms with Crippen LogP contribution in [0, 0.1) is 6.92 Å². The molecule has 0 saturated carbocycles. The first-order valence-corrected chi connectivity index (χ1v) is 10.4. The van der Waals surface area contributed by atoms with Gasteiger partial charge in [-0.1, -0.05) is 6.07 Å². The van der Waals surface area contributed by atoms with Crippen LogP contribution in [0.25, 0.3) is 33.2 Å². The molecule has 3 heterocycles. The summed E-state index contributed by atoms with van der Waals surface area (Å²) in [4.78, 5) is 33.0. The van der Waals surface area contributed by atoms with Gasteiger partial charge in [0.15, 0.2) is 0 Å². The Bertz CT molecular complexity index is 1650. The molecule has 0 aliphatic heterocycles. The van der Waals surface area contributed by atoms with Crippen molar-refractivity contribution in [1.29, 1.82) is 0 Å². The van der Waals surface area contributed by atoms with E-state index in [1.807, 2.05) is 49.5 Å². The number of rotatable bonds is 3. The van der Waals surface area contributed by atoms with Gasteiger partial charge in [-0.05, 0) is 67.2 Å². The van der Waals surface area contributed by atoms with Gasteiger partial charge in [0, 0.05) is 41.1 Å². The topological polar surface area (TPSA) is 94.2 Å². The van der Waals surface area contributed by atoms with Crippen molar-refractivity contribution in [1.82, 2.24) is 19.3 Å². The molecule has 0 spiro atoms. The molecule has 2 amide bonds. The number of aliphatic imine (C=N–C) groups is 1. The molecule has 0 atom stereocenters. The zero-order valence-electron chi connectivity index (χ0n) is 17.4. The first-order valence-electron chi connectivity index (χ1n) is 9.99. The Morgan fingerprint density at radius 2 is 1.97 bits per heavy atom. The first-order chi connectivity index (χ1) is 16.0. The number of carbonyl (C=O) groups excluding carboxylic acids is 1. The van der Waals surface area contributed by atoms with Gasteiger partial charge in [-0.2, -0.15) is 5.10 Å². The predicted molar refractivity (Wildman–Crippen MR) is 131 cm³/mol. The zero-order valence-corrected chi connectivity index (χ0v) is 18.2. The minimum absolute atomic E-state index is 0.211. The Balaban J connectivity index is 1.79. The van der Waals surface area contributed by atoms with Crippen molar-refractivity contribution in [2.24, 2.45) is 4.99 Å². The van der Waals surface area contributed by atoms with Crippen molar-refractivity contribution in [2.75, 3.05) is 5.32 Å². The SMILES string of the molecule is Cc1ccc(-n2c(=O)ccc3cnc4ccc(-n5cccn5)cc4c32)cc1NC(=O)N=C=S. The van der Waals surface area contributed by atoms with Crippen LogP contribution in [0.5, 0.6) is 0 Å². The van der Waals surface area contributed by atoms with E-state index in [1.165, 1.54) is 6.07 Å². The normalized spacial score (nSPS) is 10.8. The van der Waals surface area contributed by atoms with E-state index in [4.69, 9.17) is 0 Å². The second-order valence-electron chi connectivity index (χ2n) is 7.35. The number of hydrogen-bond acceptors (Lipinski definition) is 5. The van der Waals surface area contributed by atoms with Gasteiger partial charge in [0.2, 0.25) is 0 Å². The number of pyridine rings is 2. The van der Waals surface area contributed by atoms with Gasteiger partial charge in [-0.3, -0.25) is 14.3 Å². The van der Waals surface area contributed by atoms with Crippen molar-refractivity contribution >= 4 is 50.9 Å². The van der Waals surface area contributed by atoms with Crippen molar-refractivity contribution in [2.45, 2.75) is 6.92 Å². The van der Waals surface area contributed by atoms with Crippen LogP contribution in [0.15, 0.2) is 83.0 Å². The van der Waals surface area contributed by atoms with Crippen LogP contribution in [0.3, 0.4) is 0 Å². The van der Waals surface area contributed by atoms with Gasteiger partial charge < -0.3 is 5.32 Å². The van der Waals surface area contributed by atoms with Crippen LogP contribution in [0.1, 0.15) is 5.56 Å². The average Bonchev–Trinajstić information content (AvgIpc) is 3.35. The maximum absolute atomic E-state index is 13.1. The molecule has 5 aromatic rings. The highest BCUT2D eigenvalue weighted by Crippen LogP contribution is 2.28. The minimum Gasteiger partial charge on any atom is -0.305 e. The van der Waals surface area contributed by atoms with Gasteiger partial charge in [0.25, 0.3) is 5.56 Å². The summed E-state index contributed by atoms with van der Waals surface area (Å²) >= 11 is 4.50. The highest BCUT2D eigenvalue weighted by Gasteiger charge is 2.13. The minimum atomic E-state index is -0.631. The summed E-state index contributed by atoms with van der Waals surface area (Å²) in [5, 5.41) is 10.6. The van der Waals surface area contributed by atoms with Crippen LogP contribution in [0.2, 0.25) is 0 Å². The third-order valence-electron chi connectivity index (χ3n) is 5.34. The molecule has 0 radical (unpaired) electrons. The molecule has 160 valence electrons. The van der Waals surface area contributed by atoms with Crippen LogP contribution in [-0.4, -0.2) is 30.5 Å². The summed E-state index contributed by atoms with van der Waals surface area (Å²) in [6.07, 6.45) is 5.30. The number of fused-ring (bicyclic) bond motifs is 3. The summed E-state index contributed by atoms with van der Waals surface area (Å²) in [7, 11) is 0. The fourth-order valence-electron chi connectivity index (χ4n) is 3.79. The van der Waals surface area contributed by atoms with Gasteiger partial charge in [-0.25, -0.2) is 9.48 Å². The number of benzene rings is 2. The first kappa shape index (κ1) is 20.4. The number of amides is 2. The summed E-state index contributed by atoms with van der Waals surface area (Å²) in [5.41, 5.74) is 4.01. The van der Waals surface area contributed by atoms with E-state index in [2.05, 4.69) is 37.8 Å². The Hall–Kier alpha value is -4.46. The molecule has 0 bridgehead atoms. The molecule has 0 fully saturated rings. The largest absolute Gasteiger partial charge is 0.354 e. The van der Waals surface area contributed by atoms with Gasteiger partial charge in [0.05, 0.1) is 27.6 Å². The molecule has 2 aromatic carbocycles. The molecule has 0 saturated heterocycles. The molecular weight excluding hydrogens is 436 g/mol. The highest BCUT2D eigenvalue weighted by molar-refractivity contribution is 7.78. The van der Waals surface area contributed by atoms with Crippen LogP contribution < -0.4 is 10.9 Å². The quantitative estimate of drug-likeness (QED) is 0.244. The molecule has 8 nitrogen and oxygen atoms in total. The third kappa shape index (κ3) is 3.71. The monoisotopic (exact) mass is 452 g/mol. The van der Waals surface area contributed by atoms with Crippen molar-refractivity contribution in [3.8, 4) is 11.4 Å². The smallest absolute Gasteiger partial charge is 0.305 e. The number of nitrogens with zero attached hydrogens (tertiary/aromatic N) is 5. The lowest BCUT2D eigenvalue weighted by molar-refractivity contribution is 0.259. The number of anilines is 1. The number of carbonyl (C=O) groups is 1. The van der Waals surface area contributed by atoms with Gasteiger partial charge in [-0.15, -0.1) is 4.99 Å². The summed E-state index contributed by atoms with van der Waals surface area (Å²) < 4.78 is 3.36. The molecule has 9 heteroatoms. The number of hydrogen-bond donors (Lipinski definition) is 1. The number of nitrogens with one attached hydrogen (secondary N) is 1. The maximum Gasteiger partial charge on any atom is 0.354 e. The molecule has 3 aromatic heterocycles. The van der Waals surface area contributed by atoms with Crippen molar-refractivity contribution < 1.29 is 4.79 Å². The van der Waals surface area contributed by atoms with Crippen LogP contribution in [0.4, 0.5) is 10.5 Å². The summed E-state index contributed by atoms with van der Waals surface area (Å²) in [6, 6.07) is 15.6. The third-order valence-corrected chi connectivity index (χ3v) is 5.43. The van der Waals surface area contributed by atoms with Crippen LogP contribution >= 0.6 is 12.2 Å². The number of urea groups is 1. The number of isothiocyanates is 1. The van der Waals surface area contributed by atoms with E-state index in [9.17, 15) is 9.59 Å². The molecule has 1 N–H and O–H groups in total. The van der Waals surface area contributed by atoms with Crippen LogP contribution in [-0.2, 0) is 0 Å². The lowest BCUT2D eigenvalue weighted by atomic mass is 10.1. The standard InChI is InChI=1S/C24H16N6O2S/c1-15-3-5-18(12-21(15)28-24(32)26-14-33)30-22(31)8-4-16-13-25-20-7-6-17(11-19(20)23(16)30)29-10-2-9-27-29/h2-13H,1H3,(H,28,32). The van der Waals surface area contributed by atoms with Crippen molar-refractivity contribution in [3.63, 3.8) is 0 Å². The zero-order chi connectivity index (χ0) is 22.9. The van der Waals surface area contributed by atoms with E-state index in [-0.39, 0.29) is 5.56 Å². The fourth-order valence-corrected chi connectivity index (χ4v) is 3.87. The molecule has 0 aliphatic carbocycles. The Labute approximate surface area is 192 Å². The fraction of sp³-hybridized carbons (Fsp3) is 0.0417. The van der Waals surface area contributed by atoms with E-state index in [0.29, 0.717) is 16.9 Å². The van der Waals surface area contributed by atoms with E-state index < -0.39 is 6.03 Å². The van der Waals surface area contributed by atoms with E-state index >= 15 is 0 Å².